The van der Waals surface area contributed by atoms with Crippen molar-refractivity contribution in [3.05, 3.63) is 32.2 Å². The molecule has 17 heavy (non-hydrogen) atoms. The van der Waals surface area contributed by atoms with E-state index in [2.05, 4.69) is 51.8 Å². The minimum absolute atomic E-state index is 0.0125. The van der Waals surface area contributed by atoms with Crippen LogP contribution >= 0.6 is 43.5 Å². The molecule has 0 unspecified atom stereocenters. The standard InChI is InChI=1S/C13H13Br2ClO/c1-12(2)4-3-8(16)5-13(12)6-9(14)11(17)10(15)7-13/h5-7H,3-4H2,1-2H3. The van der Waals surface area contributed by atoms with E-state index < -0.39 is 0 Å². The van der Waals surface area contributed by atoms with Gasteiger partial charge in [0.05, 0.1) is 8.96 Å². The third kappa shape index (κ3) is 2.22. The summed E-state index contributed by atoms with van der Waals surface area (Å²) in [4.78, 5) is 11.8. The minimum Gasteiger partial charge on any atom is -0.287 e. The molecule has 0 fully saturated rings. The van der Waals surface area contributed by atoms with Crippen LogP contribution in [0.15, 0.2) is 32.2 Å². The second-order valence-corrected chi connectivity index (χ2v) is 7.42. The Hall–Kier alpha value is 0.140. The number of carbonyl (C=O) groups excluding carboxylic acids is 1. The lowest BCUT2D eigenvalue weighted by molar-refractivity contribution is -0.111. The van der Waals surface area contributed by atoms with Crippen LogP contribution in [-0.4, -0.2) is 5.78 Å². The molecule has 0 heterocycles. The highest BCUT2D eigenvalue weighted by atomic mass is 79.9. The molecule has 1 nitrogen and oxygen atoms in total. The van der Waals surface area contributed by atoms with Gasteiger partial charge in [0.2, 0.25) is 5.78 Å². The highest BCUT2D eigenvalue weighted by molar-refractivity contribution is 9.13. The van der Waals surface area contributed by atoms with Crippen LogP contribution in [0.5, 0.6) is 0 Å². The van der Waals surface area contributed by atoms with Crippen molar-refractivity contribution in [2.45, 2.75) is 26.7 Å². The summed E-state index contributed by atoms with van der Waals surface area (Å²) < 4.78 is 1.20. The zero-order valence-electron chi connectivity index (χ0n) is 9.69. The largest absolute Gasteiger partial charge is 0.287 e. The molecule has 0 atom stereocenters. The maximum atomic E-state index is 11.8. The average molecular weight is 381 g/mol. The Labute approximate surface area is 123 Å². The molecule has 0 aliphatic heterocycles. The molecule has 92 valence electrons. The predicted octanol–water partition coefficient (Wildman–Crippen LogP) is 5.06. The van der Waals surface area contributed by atoms with Crippen molar-refractivity contribution >= 4 is 49.2 Å². The SMILES string of the molecule is CC1(C)CCC(Cl)=CC12C=C(Br)C(=O)C(Br)=C2. The summed E-state index contributed by atoms with van der Waals surface area (Å²) in [5.74, 6) is -0.0125. The molecule has 0 saturated carbocycles. The van der Waals surface area contributed by atoms with Crippen molar-refractivity contribution in [3.8, 4) is 0 Å². The first kappa shape index (κ1) is 13.6. The Morgan fingerprint density at radius 1 is 1.18 bits per heavy atom. The smallest absolute Gasteiger partial charge is 0.206 e. The summed E-state index contributed by atoms with van der Waals surface area (Å²) in [6.45, 7) is 4.41. The van der Waals surface area contributed by atoms with Gasteiger partial charge < -0.3 is 0 Å². The Balaban J connectivity index is 2.62. The van der Waals surface area contributed by atoms with Gasteiger partial charge in [0, 0.05) is 10.4 Å². The average Bonchev–Trinajstić information content (AvgIpc) is 2.21. The van der Waals surface area contributed by atoms with Crippen LogP contribution in [0.4, 0.5) is 0 Å². The van der Waals surface area contributed by atoms with Gasteiger partial charge in [0.15, 0.2) is 0 Å². The lowest BCUT2D eigenvalue weighted by Gasteiger charge is -2.45. The number of hydrogen-bond acceptors (Lipinski definition) is 1. The zero-order chi connectivity index (χ0) is 12.8. The van der Waals surface area contributed by atoms with E-state index >= 15 is 0 Å². The quantitative estimate of drug-likeness (QED) is 0.574. The van der Waals surface area contributed by atoms with E-state index in [9.17, 15) is 4.79 Å². The zero-order valence-corrected chi connectivity index (χ0v) is 13.6. The third-order valence-electron chi connectivity index (χ3n) is 3.72. The molecule has 0 saturated heterocycles. The van der Waals surface area contributed by atoms with Crippen molar-refractivity contribution < 1.29 is 4.79 Å². The molecular weight excluding hydrogens is 367 g/mol. The van der Waals surface area contributed by atoms with Crippen LogP contribution in [0.3, 0.4) is 0 Å². The summed E-state index contributed by atoms with van der Waals surface area (Å²) in [5, 5.41) is 0.867. The van der Waals surface area contributed by atoms with E-state index in [1.165, 1.54) is 0 Å². The number of Topliss-reactive ketones (excluding diaryl/α,β-unsaturated/α-hetero) is 1. The Morgan fingerprint density at radius 3 is 2.24 bits per heavy atom. The van der Waals surface area contributed by atoms with Gasteiger partial charge in [-0.2, -0.15) is 0 Å². The summed E-state index contributed by atoms with van der Waals surface area (Å²) in [7, 11) is 0. The number of rotatable bonds is 0. The van der Waals surface area contributed by atoms with Crippen molar-refractivity contribution in [1.82, 2.24) is 0 Å². The van der Waals surface area contributed by atoms with Crippen molar-refractivity contribution in [2.24, 2.45) is 10.8 Å². The molecule has 0 aromatic rings. The van der Waals surface area contributed by atoms with Crippen LogP contribution in [0.1, 0.15) is 26.7 Å². The number of ketones is 1. The van der Waals surface area contributed by atoms with Crippen molar-refractivity contribution in [3.63, 3.8) is 0 Å². The highest BCUT2D eigenvalue weighted by Crippen LogP contribution is 2.54. The molecule has 2 aliphatic rings. The van der Waals surface area contributed by atoms with Crippen LogP contribution < -0.4 is 0 Å². The number of carbonyl (C=O) groups is 1. The van der Waals surface area contributed by atoms with Crippen molar-refractivity contribution in [2.75, 3.05) is 0 Å². The molecule has 2 rings (SSSR count). The summed E-state index contributed by atoms with van der Waals surface area (Å²) >= 11 is 12.9. The van der Waals surface area contributed by atoms with E-state index in [1.54, 1.807) is 0 Å². The van der Waals surface area contributed by atoms with Crippen molar-refractivity contribution in [1.29, 1.82) is 0 Å². The molecular formula is C13H13Br2ClO. The molecule has 0 aromatic carbocycles. The Kier molecular flexibility index (Phi) is 3.48. The molecule has 4 heteroatoms. The molecule has 0 bridgehead atoms. The van der Waals surface area contributed by atoms with E-state index in [0.29, 0.717) is 8.96 Å². The lowest BCUT2D eigenvalue weighted by Crippen LogP contribution is -2.38. The van der Waals surface area contributed by atoms with Gasteiger partial charge in [-0.1, -0.05) is 43.7 Å². The Morgan fingerprint density at radius 2 is 1.71 bits per heavy atom. The van der Waals surface area contributed by atoms with Gasteiger partial charge >= 0.3 is 0 Å². The molecule has 0 N–H and O–H groups in total. The van der Waals surface area contributed by atoms with E-state index in [-0.39, 0.29) is 16.6 Å². The number of allylic oxidation sites excluding steroid dienone is 6. The van der Waals surface area contributed by atoms with Crippen LogP contribution in [0, 0.1) is 10.8 Å². The maximum absolute atomic E-state index is 11.8. The van der Waals surface area contributed by atoms with Gasteiger partial charge in [0.25, 0.3) is 0 Å². The molecule has 2 aliphatic carbocycles. The summed E-state index contributed by atoms with van der Waals surface area (Å²) in [5.41, 5.74) is -0.238. The maximum Gasteiger partial charge on any atom is 0.206 e. The predicted molar refractivity (Wildman–Crippen MR) is 78.4 cm³/mol. The first-order valence-corrected chi connectivity index (χ1v) is 7.42. The van der Waals surface area contributed by atoms with Gasteiger partial charge in [-0.3, -0.25) is 4.79 Å². The lowest BCUT2D eigenvalue weighted by atomic mass is 9.59. The highest BCUT2D eigenvalue weighted by Gasteiger charge is 2.45. The first-order chi connectivity index (χ1) is 7.77. The van der Waals surface area contributed by atoms with E-state index in [1.807, 2.05) is 12.2 Å². The molecule has 0 aromatic heterocycles. The third-order valence-corrected chi connectivity index (χ3v) is 5.20. The molecule has 1 spiro atoms. The van der Waals surface area contributed by atoms with Gasteiger partial charge in [0.1, 0.15) is 0 Å². The first-order valence-electron chi connectivity index (χ1n) is 5.46. The van der Waals surface area contributed by atoms with Gasteiger partial charge in [-0.25, -0.2) is 0 Å². The number of hydrogen-bond donors (Lipinski definition) is 0. The van der Waals surface area contributed by atoms with Crippen LogP contribution in [0.2, 0.25) is 0 Å². The molecule has 0 radical (unpaired) electrons. The Bertz CT molecular complexity index is 450. The van der Waals surface area contributed by atoms with E-state index in [0.717, 1.165) is 17.9 Å². The van der Waals surface area contributed by atoms with Gasteiger partial charge in [-0.05, 0) is 50.1 Å². The topological polar surface area (TPSA) is 17.1 Å². The van der Waals surface area contributed by atoms with Gasteiger partial charge in [-0.15, -0.1) is 0 Å². The monoisotopic (exact) mass is 378 g/mol. The second kappa shape index (κ2) is 4.36. The van der Waals surface area contributed by atoms with Crippen LogP contribution in [-0.2, 0) is 4.79 Å². The summed E-state index contributed by atoms with van der Waals surface area (Å²) in [6, 6.07) is 0. The fraction of sp³-hybridized carbons (Fsp3) is 0.462. The fourth-order valence-corrected chi connectivity index (χ4v) is 4.08. The normalized spacial score (nSPS) is 26.4. The minimum atomic E-state index is -0.284. The van der Waals surface area contributed by atoms with Crippen LogP contribution in [0.25, 0.3) is 0 Å². The summed E-state index contributed by atoms with van der Waals surface area (Å²) in [6.07, 6.45) is 7.92. The second-order valence-electron chi connectivity index (χ2n) is 5.22. The fourth-order valence-electron chi connectivity index (χ4n) is 2.36. The number of halogens is 3. The molecule has 0 amide bonds. The van der Waals surface area contributed by atoms with E-state index in [4.69, 9.17) is 11.6 Å².